The first-order chi connectivity index (χ1) is 8.74. The predicted molar refractivity (Wildman–Crippen MR) is 82.3 cm³/mol. The van der Waals surface area contributed by atoms with Gasteiger partial charge in [0, 0.05) is 29.9 Å². The lowest BCUT2D eigenvalue weighted by Gasteiger charge is -2.15. The molecule has 1 aromatic rings. The molecule has 0 spiro atoms. The summed E-state index contributed by atoms with van der Waals surface area (Å²) in [5, 5.41) is 3.39. The van der Waals surface area contributed by atoms with Crippen molar-refractivity contribution < 1.29 is 8.42 Å². The molecule has 1 heterocycles. The molecule has 0 unspecified atom stereocenters. The lowest BCUT2D eigenvalue weighted by atomic mass is 10.1. The van der Waals surface area contributed by atoms with Gasteiger partial charge < -0.3 is 5.32 Å². The van der Waals surface area contributed by atoms with Crippen molar-refractivity contribution in [2.75, 3.05) is 26.4 Å². The van der Waals surface area contributed by atoms with Gasteiger partial charge in [0.05, 0.1) is 5.75 Å². The van der Waals surface area contributed by atoms with E-state index in [0.717, 1.165) is 0 Å². The predicted octanol–water partition coefficient (Wildman–Crippen LogP) is 2.30. The van der Waals surface area contributed by atoms with Gasteiger partial charge in [0.15, 0.2) is 0 Å². The van der Waals surface area contributed by atoms with Gasteiger partial charge in [-0.25, -0.2) is 12.7 Å². The number of thiophene rings is 1. The second kappa shape index (κ2) is 6.83. The van der Waals surface area contributed by atoms with Crippen LogP contribution < -0.4 is 5.32 Å². The maximum absolute atomic E-state index is 11.6. The first-order valence-corrected chi connectivity index (χ1v) is 8.87. The number of hydrogen-bond acceptors (Lipinski definition) is 4. The standard InChI is InChI=1S/C13H24N2O2S2/c1-10-9-13(12(3)18-10)11(2)14-7-6-8-19(16,17)15(4)5/h9,11,14H,6-8H2,1-5H3/t11-/m1/s1. The molecule has 4 nitrogen and oxygen atoms in total. The highest BCUT2D eigenvalue weighted by molar-refractivity contribution is 7.89. The van der Waals surface area contributed by atoms with Crippen molar-refractivity contribution in [1.82, 2.24) is 9.62 Å². The van der Waals surface area contributed by atoms with Gasteiger partial charge in [-0.3, -0.25) is 0 Å². The molecule has 1 atom stereocenters. The van der Waals surface area contributed by atoms with Crippen molar-refractivity contribution in [3.8, 4) is 0 Å². The third kappa shape index (κ3) is 4.87. The molecule has 1 N–H and O–H groups in total. The van der Waals surface area contributed by atoms with Crippen molar-refractivity contribution in [2.45, 2.75) is 33.2 Å². The van der Waals surface area contributed by atoms with Crippen molar-refractivity contribution in [1.29, 1.82) is 0 Å². The Morgan fingerprint density at radius 3 is 2.47 bits per heavy atom. The van der Waals surface area contributed by atoms with E-state index < -0.39 is 10.0 Å². The highest BCUT2D eigenvalue weighted by Crippen LogP contribution is 2.25. The van der Waals surface area contributed by atoms with Gasteiger partial charge in [-0.1, -0.05) is 0 Å². The average Bonchev–Trinajstić information content (AvgIpc) is 2.63. The van der Waals surface area contributed by atoms with E-state index in [1.807, 2.05) is 0 Å². The minimum atomic E-state index is -3.07. The van der Waals surface area contributed by atoms with E-state index in [9.17, 15) is 8.42 Å². The second-order valence-corrected chi connectivity index (χ2v) is 8.76. The molecule has 0 amide bonds. The average molecular weight is 304 g/mol. The number of aryl methyl sites for hydroxylation is 2. The minimum absolute atomic E-state index is 0.196. The summed E-state index contributed by atoms with van der Waals surface area (Å²) in [4.78, 5) is 2.65. The molecule has 0 radical (unpaired) electrons. The van der Waals surface area contributed by atoms with Crippen LogP contribution in [0.25, 0.3) is 0 Å². The molecule has 19 heavy (non-hydrogen) atoms. The minimum Gasteiger partial charge on any atom is -0.310 e. The van der Waals surface area contributed by atoms with Crippen molar-refractivity contribution >= 4 is 21.4 Å². The number of sulfonamides is 1. The van der Waals surface area contributed by atoms with E-state index in [-0.39, 0.29) is 11.8 Å². The summed E-state index contributed by atoms with van der Waals surface area (Å²) in [6.07, 6.45) is 0.632. The highest BCUT2D eigenvalue weighted by Gasteiger charge is 2.14. The first-order valence-electron chi connectivity index (χ1n) is 6.44. The summed E-state index contributed by atoms with van der Waals surface area (Å²) >= 11 is 1.80. The lowest BCUT2D eigenvalue weighted by Crippen LogP contribution is -2.28. The Kier molecular flexibility index (Phi) is 5.98. The molecule has 0 aromatic carbocycles. The molecule has 6 heteroatoms. The van der Waals surface area contributed by atoms with Crippen LogP contribution in [0.5, 0.6) is 0 Å². The van der Waals surface area contributed by atoms with Gasteiger partial charge in [-0.15, -0.1) is 11.3 Å². The van der Waals surface area contributed by atoms with Crippen LogP contribution in [0.15, 0.2) is 6.07 Å². The zero-order valence-corrected chi connectivity index (χ0v) is 14.0. The molecular weight excluding hydrogens is 280 g/mol. The number of rotatable bonds is 7. The monoisotopic (exact) mass is 304 g/mol. The fraction of sp³-hybridized carbons (Fsp3) is 0.692. The van der Waals surface area contributed by atoms with Gasteiger partial charge in [-0.05, 0) is 45.4 Å². The zero-order chi connectivity index (χ0) is 14.6. The Hall–Kier alpha value is -0.430. The molecule has 1 aromatic heterocycles. The van der Waals surface area contributed by atoms with Crippen LogP contribution in [0.3, 0.4) is 0 Å². The van der Waals surface area contributed by atoms with Crippen molar-refractivity contribution in [3.05, 3.63) is 21.4 Å². The van der Waals surface area contributed by atoms with E-state index >= 15 is 0 Å². The topological polar surface area (TPSA) is 49.4 Å². The third-order valence-corrected chi connectivity index (χ3v) is 6.03. The van der Waals surface area contributed by atoms with Gasteiger partial charge in [-0.2, -0.15) is 0 Å². The van der Waals surface area contributed by atoms with E-state index in [2.05, 4.69) is 32.2 Å². The summed E-state index contributed by atoms with van der Waals surface area (Å²) in [5.74, 6) is 0.196. The Bertz CT molecular complexity index is 507. The first kappa shape index (κ1) is 16.6. The molecule has 0 fully saturated rings. The summed E-state index contributed by atoms with van der Waals surface area (Å²) in [6.45, 7) is 7.07. The van der Waals surface area contributed by atoms with E-state index in [1.165, 1.54) is 19.6 Å². The van der Waals surface area contributed by atoms with Crippen molar-refractivity contribution in [3.63, 3.8) is 0 Å². The Morgan fingerprint density at radius 2 is 2.00 bits per heavy atom. The quantitative estimate of drug-likeness (QED) is 0.786. The Morgan fingerprint density at radius 1 is 1.37 bits per heavy atom. The van der Waals surface area contributed by atoms with Gasteiger partial charge in [0.25, 0.3) is 0 Å². The van der Waals surface area contributed by atoms with Crippen LogP contribution in [0.2, 0.25) is 0 Å². The maximum Gasteiger partial charge on any atom is 0.213 e. The van der Waals surface area contributed by atoms with Crippen LogP contribution >= 0.6 is 11.3 Å². The smallest absolute Gasteiger partial charge is 0.213 e. The number of nitrogens with one attached hydrogen (secondary N) is 1. The third-order valence-electron chi connectivity index (χ3n) is 3.13. The molecular formula is C13H24N2O2S2. The van der Waals surface area contributed by atoms with Gasteiger partial charge >= 0.3 is 0 Å². The molecule has 0 saturated carbocycles. The lowest BCUT2D eigenvalue weighted by molar-refractivity contribution is 0.512. The molecule has 0 aliphatic carbocycles. The summed E-state index contributed by atoms with van der Waals surface area (Å²) in [6, 6.07) is 2.47. The van der Waals surface area contributed by atoms with Crippen LogP contribution in [-0.2, 0) is 10.0 Å². The van der Waals surface area contributed by atoms with E-state index in [1.54, 1.807) is 25.4 Å². The molecule has 0 aliphatic rings. The SMILES string of the molecule is Cc1cc([C@@H](C)NCCCS(=O)(=O)N(C)C)c(C)s1. The zero-order valence-electron chi connectivity index (χ0n) is 12.4. The molecule has 110 valence electrons. The Balaban J connectivity index is 2.40. The van der Waals surface area contributed by atoms with Crippen LogP contribution in [0, 0.1) is 13.8 Å². The fourth-order valence-corrected chi connectivity index (χ4v) is 3.84. The van der Waals surface area contributed by atoms with Gasteiger partial charge in [0.1, 0.15) is 0 Å². The van der Waals surface area contributed by atoms with Crippen LogP contribution in [0.1, 0.15) is 34.7 Å². The summed E-state index contributed by atoms with van der Waals surface area (Å²) in [5.41, 5.74) is 1.32. The fourth-order valence-electron chi connectivity index (χ4n) is 1.95. The van der Waals surface area contributed by atoms with Gasteiger partial charge in [0.2, 0.25) is 10.0 Å². The van der Waals surface area contributed by atoms with Crippen molar-refractivity contribution in [2.24, 2.45) is 0 Å². The van der Waals surface area contributed by atoms with Crippen LogP contribution in [0.4, 0.5) is 0 Å². The second-order valence-electron chi connectivity index (χ2n) is 5.00. The van der Waals surface area contributed by atoms with E-state index in [4.69, 9.17) is 0 Å². The molecule has 0 bridgehead atoms. The largest absolute Gasteiger partial charge is 0.310 e. The maximum atomic E-state index is 11.6. The number of nitrogens with zero attached hydrogens (tertiary/aromatic N) is 1. The molecule has 0 aliphatic heterocycles. The van der Waals surface area contributed by atoms with E-state index in [0.29, 0.717) is 13.0 Å². The number of hydrogen-bond donors (Lipinski definition) is 1. The normalized spacial score (nSPS) is 14.0. The molecule has 1 rings (SSSR count). The van der Waals surface area contributed by atoms with Crippen LogP contribution in [-0.4, -0.2) is 39.1 Å². The summed E-state index contributed by atoms with van der Waals surface area (Å²) < 4.78 is 24.5. The Labute approximate surface area is 120 Å². The molecule has 0 saturated heterocycles. The summed E-state index contributed by atoms with van der Waals surface area (Å²) in [7, 11) is 0.0752. The highest BCUT2D eigenvalue weighted by atomic mass is 32.2.